The van der Waals surface area contributed by atoms with Crippen molar-refractivity contribution in [1.29, 1.82) is 0 Å². The van der Waals surface area contributed by atoms with Crippen molar-refractivity contribution in [2.45, 2.75) is 56.3 Å². The van der Waals surface area contributed by atoms with E-state index in [1.54, 1.807) is 29.2 Å². The van der Waals surface area contributed by atoms with Crippen LogP contribution in [0.3, 0.4) is 0 Å². The Morgan fingerprint density at radius 2 is 1.54 bits per heavy atom. The lowest BCUT2D eigenvalue weighted by Gasteiger charge is -2.43. The van der Waals surface area contributed by atoms with Crippen LogP contribution in [0, 0.1) is 6.92 Å². The maximum Gasteiger partial charge on any atom is 0.339 e. The summed E-state index contributed by atoms with van der Waals surface area (Å²) in [7, 11) is -4.27. The molecule has 1 aliphatic heterocycles. The molecular formula is C28H25Br2NO7S. The summed E-state index contributed by atoms with van der Waals surface area (Å²) in [4.78, 5) is 40.4. The van der Waals surface area contributed by atoms with E-state index in [9.17, 15) is 27.9 Å². The zero-order chi connectivity index (χ0) is 28.1. The first-order chi connectivity index (χ1) is 18.5. The number of ketones is 2. The van der Waals surface area contributed by atoms with Crippen LogP contribution >= 0.6 is 31.9 Å². The fourth-order valence-corrected chi connectivity index (χ4v) is 8.02. The van der Waals surface area contributed by atoms with E-state index >= 15 is 0 Å². The topological polar surface area (TPSA) is 118 Å². The van der Waals surface area contributed by atoms with Gasteiger partial charge in [0, 0.05) is 51.3 Å². The number of aliphatic carboxylic acids is 1. The van der Waals surface area contributed by atoms with Crippen LogP contribution < -0.4 is 4.18 Å². The van der Waals surface area contributed by atoms with Crippen LogP contribution in [0.1, 0.15) is 55.6 Å². The lowest BCUT2D eigenvalue weighted by molar-refractivity contribution is -0.138. The highest BCUT2D eigenvalue weighted by Gasteiger charge is 2.45. The number of aryl methyl sites for hydroxylation is 1. The molecule has 0 aromatic heterocycles. The SMILES string of the molecule is Cc1ccc(S(=O)(=O)Oc2c(Br)cc(Br)cc2C2C3=C(CCCC3=O)N(CC(=O)O)C3=C2C(=O)CCC3)cc1. The van der Waals surface area contributed by atoms with E-state index in [2.05, 4.69) is 31.9 Å². The van der Waals surface area contributed by atoms with Gasteiger partial charge in [0.25, 0.3) is 0 Å². The molecule has 2 aromatic carbocycles. The van der Waals surface area contributed by atoms with Crippen LogP contribution in [0.2, 0.25) is 0 Å². The molecule has 0 atom stereocenters. The second-order valence-corrected chi connectivity index (χ2v) is 13.2. The van der Waals surface area contributed by atoms with Gasteiger partial charge in [0.05, 0.1) is 4.47 Å². The Bertz CT molecular complexity index is 1530. The largest absolute Gasteiger partial charge is 0.480 e. The summed E-state index contributed by atoms with van der Waals surface area (Å²) < 4.78 is 33.4. The van der Waals surface area contributed by atoms with Crippen molar-refractivity contribution in [3.8, 4) is 5.75 Å². The van der Waals surface area contributed by atoms with Gasteiger partial charge >= 0.3 is 16.1 Å². The Kier molecular flexibility index (Phi) is 7.60. The van der Waals surface area contributed by atoms with Gasteiger partial charge in [-0.15, -0.1) is 0 Å². The molecule has 2 aromatic rings. The standard InChI is InChI=1S/C28H25Br2NO7S/c1-15-8-10-17(11-9-15)39(36,37)38-28-18(12-16(29)13-19(28)30)25-26-20(4-2-6-22(26)32)31(14-24(34)35)21-5-3-7-23(33)27(21)25/h8-13,25H,2-7,14H2,1H3,(H,34,35). The molecule has 0 radical (unpaired) electrons. The number of halogens is 2. The van der Waals surface area contributed by atoms with Crippen LogP contribution in [0.5, 0.6) is 5.75 Å². The Morgan fingerprint density at radius 1 is 0.974 bits per heavy atom. The summed E-state index contributed by atoms with van der Waals surface area (Å²) in [6, 6.07) is 9.56. The predicted molar refractivity (Wildman–Crippen MR) is 150 cm³/mol. The Labute approximate surface area is 243 Å². The molecular weight excluding hydrogens is 654 g/mol. The van der Waals surface area contributed by atoms with Crippen molar-refractivity contribution in [1.82, 2.24) is 4.90 Å². The molecule has 0 bridgehead atoms. The van der Waals surface area contributed by atoms with Gasteiger partial charge in [0.2, 0.25) is 0 Å². The average molecular weight is 679 g/mol. The lowest BCUT2D eigenvalue weighted by atomic mass is 9.70. The number of carboxylic acid groups (broad SMARTS) is 1. The lowest BCUT2D eigenvalue weighted by Crippen LogP contribution is -2.41. The first-order valence-corrected chi connectivity index (χ1v) is 15.5. The number of allylic oxidation sites excluding steroid dienone is 4. The molecule has 0 saturated heterocycles. The summed E-state index contributed by atoms with van der Waals surface area (Å²) in [6.45, 7) is 1.48. The fraction of sp³-hybridized carbons (Fsp3) is 0.321. The molecule has 0 spiro atoms. The number of rotatable bonds is 6. The number of hydrogen-bond donors (Lipinski definition) is 1. The minimum absolute atomic E-state index is 0.0223. The number of carbonyl (C=O) groups is 3. The van der Waals surface area contributed by atoms with E-state index in [1.807, 2.05) is 6.92 Å². The van der Waals surface area contributed by atoms with Crippen molar-refractivity contribution < 1.29 is 32.1 Å². The summed E-state index contributed by atoms with van der Waals surface area (Å²) in [5, 5.41) is 9.68. The van der Waals surface area contributed by atoms with Gasteiger partial charge in [-0.2, -0.15) is 8.42 Å². The van der Waals surface area contributed by atoms with E-state index < -0.39 is 22.0 Å². The highest BCUT2D eigenvalue weighted by Crippen LogP contribution is 2.52. The zero-order valence-corrected chi connectivity index (χ0v) is 25.0. The van der Waals surface area contributed by atoms with Gasteiger partial charge in [-0.1, -0.05) is 33.6 Å². The third-order valence-corrected chi connectivity index (χ3v) is 9.51. The molecule has 204 valence electrons. The van der Waals surface area contributed by atoms with E-state index in [0.717, 1.165) is 5.56 Å². The monoisotopic (exact) mass is 677 g/mol. The third kappa shape index (κ3) is 5.24. The van der Waals surface area contributed by atoms with Crippen molar-refractivity contribution in [2.75, 3.05) is 6.54 Å². The minimum atomic E-state index is -4.27. The summed E-state index contributed by atoms with van der Waals surface area (Å²) in [5.74, 6) is -2.36. The summed E-state index contributed by atoms with van der Waals surface area (Å²) in [5.41, 5.74) is 3.05. The number of hydrogen-bond acceptors (Lipinski definition) is 7. The van der Waals surface area contributed by atoms with Crippen LogP contribution in [0.4, 0.5) is 0 Å². The molecule has 0 saturated carbocycles. The van der Waals surface area contributed by atoms with Crippen LogP contribution in [-0.2, 0) is 24.5 Å². The highest BCUT2D eigenvalue weighted by molar-refractivity contribution is 9.11. The number of carbonyl (C=O) groups excluding carboxylic acids is 2. The molecule has 8 nitrogen and oxygen atoms in total. The normalized spacial score (nSPS) is 18.3. The second-order valence-electron chi connectivity index (χ2n) is 9.84. The van der Waals surface area contributed by atoms with Gasteiger partial charge in [-0.3, -0.25) is 14.4 Å². The summed E-state index contributed by atoms with van der Waals surface area (Å²) in [6.07, 6.45) is 2.57. The zero-order valence-electron chi connectivity index (χ0n) is 21.0. The first-order valence-electron chi connectivity index (χ1n) is 12.5. The van der Waals surface area contributed by atoms with Gasteiger partial charge in [-0.25, -0.2) is 0 Å². The second kappa shape index (κ2) is 10.7. The molecule has 0 fully saturated rings. The molecule has 39 heavy (non-hydrogen) atoms. The molecule has 5 rings (SSSR count). The number of carboxylic acids is 1. The minimum Gasteiger partial charge on any atom is -0.480 e. The van der Waals surface area contributed by atoms with E-state index in [1.165, 1.54) is 12.1 Å². The van der Waals surface area contributed by atoms with Crippen molar-refractivity contribution in [3.63, 3.8) is 0 Å². The maximum atomic E-state index is 13.5. The third-order valence-electron chi connectivity index (χ3n) is 7.23. The van der Waals surface area contributed by atoms with E-state index in [-0.39, 0.29) is 41.6 Å². The highest BCUT2D eigenvalue weighted by atomic mass is 79.9. The number of Topliss-reactive ketones (excluding diaryl/α,β-unsaturated/α-hetero) is 2. The molecule has 3 aliphatic rings. The smallest absolute Gasteiger partial charge is 0.339 e. The van der Waals surface area contributed by atoms with Gasteiger partial charge < -0.3 is 14.2 Å². The first kappa shape index (κ1) is 27.8. The van der Waals surface area contributed by atoms with Crippen molar-refractivity contribution >= 4 is 59.5 Å². The predicted octanol–water partition coefficient (Wildman–Crippen LogP) is 5.79. The fourth-order valence-electron chi connectivity index (χ4n) is 5.60. The molecule has 0 amide bonds. The molecule has 1 N–H and O–H groups in total. The van der Waals surface area contributed by atoms with Crippen LogP contribution in [0.25, 0.3) is 0 Å². The van der Waals surface area contributed by atoms with Gasteiger partial charge in [0.15, 0.2) is 17.3 Å². The van der Waals surface area contributed by atoms with Crippen LogP contribution in [-0.4, -0.2) is 42.5 Å². The van der Waals surface area contributed by atoms with Crippen molar-refractivity contribution in [3.05, 3.63) is 79.0 Å². The molecule has 2 aliphatic carbocycles. The Balaban J connectivity index is 1.75. The van der Waals surface area contributed by atoms with Crippen LogP contribution in [0.15, 0.2) is 72.8 Å². The van der Waals surface area contributed by atoms with E-state index in [4.69, 9.17) is 4.18 Å². The quantitative estimate of drug-likeness (QED) is 0.382. The van der Waals surface area contributed by atoms with Crippen molar-refractivity contribution in [2.24, 2.45) is 0 Å². The number of nitrogens with zero attached hydrogens (tertiary/aromatic N) is 1. The molecule has 0 unspecified atom stereocenters. The maximum absolute atomic E-state index is 13.5. The molecule has 11 heteroatoms. The Morgan fingerprint density at radius 3 is 2.08 bits per heavy atom. The van der Waals surface area contributed by atoms with E-state index in [0.29, 0.717) is 62.7 Å². The Hall–Kier alpha value is -2.76. The number of benzene rings is 2. The summed E-state index contributed by atoms with van der Waals surface area (Å²) >= 11 is 6.91. The molecule has 1 heterocycles. The van der Waals surface area contributed by atoms with Gasteiger partial charge in [-0.05, 0) is 72.8 Å². The van der Waals surface area contributed by atoms with Gasteiger partial charge in [0.1, 0.15) is 11.4 Å². The average Bonchev–Trinajstić information content (AvgIpc) is 2.86.